The standard InChI is InChI=1S/C14H23N3O2/c1-4-19-14(18)10(2)13-15-12(16-17(13)3)11-8-6-5-7-9-11/h10-11H,4-9H2,1-3H3. The molecular formula is C14H23N3O2. The summed E-state index contributed by atoms with van der Waals surface area (Å²) in [6.45, 7) is 4.04. The fourth-order valence-corrected chi connectivity index (χ4v) is 2.70. The van der Waals surface area contributed by atoms with E-state index in [0.717, 1.165) is 18.7 Å². The van der Waals surface area contributed by atoms with E-state index >= 15 is 0 Å². The molecule has 1 atom stereocenters. The normalized spacial score (nSPS) is 18.3. The summed E-state index contributed by atoms with van der Waals surface area (Å²) in [5.41, 5.74) is 0. The topological polar surface area (TPSA) is 57.0 Å². The second-order valence-corrected chi connectivity index (χ2v) is 5.26. The summed E-state index contributed by atoms with van der Waals surface area (Å²) in [7, 11) is 1.85. The summed E-state index contributed by atoms with van der Waals surface area (Å²) < 4.78 is 6.78. The van der Waals surface area contributed by atoms with Crippen molar-refractivity contribution in [2.75, 3.05) is 6.61 Å². The van der Waals surface area contributed by atoms with Gasteiger partial charge in [0.1, 0.15) is 11.7 Å². The molecule has 0 N–H and O–H groups in total. The molecule has 1 aliphatic carbocycles. The Morgan fingerprint density at radius 1 is 1.42 bits per heavy atom. The van der Waals surface area contributed by atoms with Gasteiger partial charge in [-0.2, -0.15) is 5.10 Å². The van der Waals surface area contributed by atoms with Crippen molar-refractivity contribution in [2.24, 2.45) is 7.05 Å². The van der Waals surface area contributed by atoms with E-state index in [1.165, 1.54) is 19.3 Å². The zero-order chi connectivity index (χ0) is 13.8. The maximum absolute atomic E-state index is 11.8. The molecule has 0 amide bonds. The summed E-state index contributed by atoms with van der Waals surface area (Å²) in [4.78, 5) is 16.4. The quantitative estimate of drug-likeness (QED) is 0.785. The van der Waals surface area contributed by atoms with Crippen LogP contribution in [0.2, 0.25) is 0 Å². The second-order valence-electron chi connectivity index (χ2n) is 5.26. The van der Waals surface area contributed by atoms with Crippen LogP contribution < -0.4 is 0 Å². The number of carbonyl (C=O) groups is 1. The molecule has 2 rings (SSSR count). The lowest BCUT2D eigenvalue weighted by Crippen LogP contribution is -2.16. The summed E-state index contributed by atoms with van der Waals surface area (Å²) in [6.07, 6.45) is 6.15. The number of nitrogens with zero attached hydrogens (tertiary/aromatic N) is 3. The van der Waals surface area contributed by atoms with Gasteiger partial charge < -0.3 is 4.74 Å². The minimum atomic E-state index is -0.352. The van der Waals surface area contributed by atoms with Crippen LogP contribution in [0, 0.1) is 0 Å². The van der Waals surface area contributed by atoms with Gasteiger partial charge in [0.05, 0.1) is 6.61 Å². The van der Waals surface area contributed by atoms with E-state index in [2.05, 4.69) is 10.1 Å². The SMILES string of the molecule is CCOC(=O)C(C)c1nc(C2CCCCC2)nn1C. The fraction of sp³-hybridized carbons (Fsp3) is 0.786. The third kappa shape index (κ3) is 3.14. The van der Waals surface area contributed by atoms with E-state index in [0.29, 0.717) is 18.3 Å². The molecule has 1 aliphatic rings. The van der Waals surface area contributed by atoms with Gasteiger partial charge in [-0.25, -0.2) is 4.98 Å². The van der Waals surface area contributed by atoms with Crippen LogP contribution in [-0.2, 0) is 16.6 Å². The molecule has 0 saturated heterocycles. The zero-order valence-corrected chi connectivity index (χ0v) is 12.1. The van der Waals surface area contributed by atoms with Crippen molar-refractivity contribution >= 4 is 5.97 Å². The van der Waals surface area contributed by atoms with E-state index in [-0.39, 0.29) is 11.9 Å². The molecule has 0 aliphatic heterocycles. The zero-order valence-electron chi connectivity index (χ0n) is 12.1. The van der Waals surface area contributed by atoms with E-state index in [9.17, 15) is 4.79 Å². The number of aromatic nitrogens is 3. The van der Waals surface area contributed by atoms with Gasteiger partial charge in [-0.05, 0) is 26.7 Å². The molecule has 0 radical (unpaired) electrons. The average Bonchev–Trinajstić information content (AvgIpc) is 2.81. The Hall–Kier alpha value is -1.39. The molecule has 1 unspecified atom stereocenters. The Bertz CT molecular complexity index is 436. The van der Waals surface area contributed by atoms with Gasteiger partial charge in [0.2, 0.25) is 0 Å². The largest absolute Gasteiger partial charge is 0.465 e. The van der Waals surface area contributed by atoms with Gasteiger partial charge in [-0.1, -0.05) is 19.3 Å². The van der Waals surface area contributed by atoms with Gasteiger partial charge in [0.15, 0.2) is 5.82 Å². The lowest BCUT2D eigenvalue weighted by molar-refractivity contribution is -0.144. The van der Waals surface area contributed by atoms with Crippen LogP contribution in [0.1, 0.15) is 69.4 Å². The number of rotatable bonds is 4. The van der Waals surface area contributed by atoms with E-state index in [4.69, 9.17) is 4.74 Å². The molecule has 106 valence electrons. The molecule has 1 aromatic heterocycles. The maximum atomic E-state index is 11.8. The Morgan fingerprint density at radius 2 is 2.11 bits per heavy atom. The minimum Gasteiger partial charge on any atom is -0.465 e. The van der Waals surface area contributed by atoms with Gasteiger partial charge >= 0.3 is 5.97 Å². The number of ether oxygens (including phenoxy) is 1. The fourth-order valence-electron chi connectivity index (χ4n) is 2.70. The lowest BCUT2D eigenvalue weighted by Gasteiger charge is -2.18. The van der Waals surface area contributed by atoms with Gasteiger partial charge in [0, 0.05) is 13.0 Å². The number of esters is 1. The molecular weight excluding hydrogens is 242 g/mol. The van der Waals surface area contributed by atoms with Crippen LogP contribution in [-0.4, -0.2) is 27.3 Å². The Morgan fingerprint density at radius 3 is 2.74 bits per heavy atom. The molecule has 0 spiro atoms. The minimum absolute atomic E-state index is 0.229. The molecule has 1 heterocycles. The van der Waals surface area contributed by atoms with Crippen molar-refractivity contribution in [1.82, 2.24) is 14.8 Å². The number of hydrogen-bond acceptors (Lipinski definition) is 4. The number of carbonyl (C=O) groups excluding carboxylic acids is 1. The maximum Gasteiger partial charge on any atom is 0.316 e. The molecule has 5 heteroatoms. The van der Waals surface area contributed by atoms with Crippen molar-refractivity contribution in [1.29, 1.82) is 0 Å². The second kappa shape index (κ2) is 6.17. The predicted octanol–water partition coefficient (Wildman–Crippen LogP) is 2.53. The van der Waals surface area contributed by atoms with Crippen LogP contribution in [0.4, 0.5) is 0 Å². The third-order valence-corrected chi connectivity index (χ3v) is 3.81. The molecule has 5 nitrogen and oxygen atoms in total. The highest BCUT2D eigenvalue weighted by Gasteiger charge is 2.26. The molecule has 0 bridgehead atoms. The first-order chi connectivity index (χ1) is 9.13. The monoisotopic (exact) mass is 265 g/mol. The van der Waals surface area contributed by atoms with Crippen molar-refractivity contribution in [3.63, 3.8) is 0 Å². The van der Waals surface area contributed by atoms with Crippen LogP contribution in [0.3, 0.4) is 0 Å². The number of aryl methyl sites for hydroxylation is 1. The molecule has 0 aromatic carbocycles. The molecule has 1 fully saturated rings. The first-order valence-electron chi connectivity index (χ1n) is 7.21. The summed E-state index contributed by atoms with van der Waals surface area (Å²) in [6, 6.07) is 0. The Balaban J connectivity index is 2.13. The molecule has 1 saturated carbocycles. The highest BCUT2D eigenvalue weighted by Crippen LogP contribution is 2.31. The third-order valence-electron chi connectivity index (χ3n) is 3.81. The lowest BCUT2D eigenvalue weighted by atomic mass is 9.89. The van der Waals surface area contributed by atoms with Gasteiger partial charge in [-0.3, -0.25) is 9.48 Å². The highest BCUT2D eigenvalue weighted by atomic mass is 16.5. The summed E-state index contributed by atoms with van der Waals surface area (Å²) in [5, 5.41) is 4.50. The summed E-state index contributed by atoms with van der Waals surface area (Å²) in [5.74, 6) is 1.48. The molecule has 1 aromatic rings. The van der Waals surface area contributed by atoms with Gasteiger partial charge in [0.25, 0.3) is 0 Å². The Labute approximate surface area is 114 Å². The van der Waals surface area contributed by atoms with Crippen LogP contribution >= 0.6 is 0 Å². The van der Waals surface area contributed by atoms with E-state index < -0.39 is 0 Å². The van der Waals surface area contributed by atoms with Crippen molar-refractivity contribution in [3.05, 3.63) is 11.6 Å². The van der Waals surface area contributed by atoms with Crippen LogP contribution in [0.5, 0.6) is 0 Å². The van der Waals surface area contributed by atoms with Crippen molar-refractivity contribution < 1.29 is 9.53 Å². The Kier molecular flexibility index (Phi) is 4.56. The van der Waals surface area contributed by atoms with E-state index in [1.54, 1.807) is 4.68 Å². The van der Waals surface area contributed by atoms with Crippen molar-refractivity contribution in [3.8, 4) is 0 Å². The smallest absolute Gasteiger partial charge is 0.316 e. The van der Waals surface area contributed by atoms with E-state index in [1.807, 2.05) is 20.9 Å². The summed E-state index contributed by atoms with van der Waals surface area (Å²) >= 11 is 0. The number of hydrogen-bond donors (Lipinski definition) is 0. The first kappa shape index (κ1) is 14.0. The predicted molar refractivity (Wildman–Crippen MR) is 71.9 cm³/mol. The first-order valence-corrected chi connectivity index (χ1v) is 7.21. The van der Waals surface area contributed by atoms with Crippen LogP contribution in [0.15, 0.2) is 0 Å². The van der Waals surface area contributed by atoms with Gasteiger partial charge in [-0.15, -0.1) is 0 Å². The highest BCUT2D eigenvalue weighted by molar-refractivity contribution is 5.76. The molecule has 19 heavy (non-hydrogen) atoms. The average molecular weight is 265 g/mol. The van der Waals surface area contributed by atoms with Crippen molar-refractivity contribution in [2.45, 2.75) is 57.8 Å². The van der Waals surface area contributed by atoms with Crippen LogP contribution in [0.25, 0.3) is 0 Å².